The lowest BCUT2D eigenvalue weighted by atomic mass is 10.1. The van der Waals surface area contributed by atoms with Crippen LogP contribution in [-0.4, -0.2) is 12.6 Å². The smallest absolute Gasteiger partial charge is 0.00674 e. The average molecular weight is 115 g/mol. The maximum Gasteiger partial charge on any atom is 0.00674 e. The Balaban J connectivity index is 0.000000640. The fraction of sp³-hybridized carbons (Fsp3) is 1.00. The van der Waals surface area contributed by atoms with E-state index in [4.69, 9.17) is 0 Å². The minimum atomic E-state index is 0. The van der Waals surface area contributed by atoms with Crippen molar-refractivity contribution in [3.63, 3.8) is 0 Å². The van der Waals surface area contributed by atoms with Gasteiger partial charge >= 0.3 is 0 Å². The Morgan fingerprint density at radius 1 is 1.75 bits per heavy atom. The molecule has 0 amide bonds. The van der Waals surface area contributed by atoms with Gasteiger partial charge in [-0.05, 0) is 25.8 Å². The van der Waals surface area contributed by atoms with Gasteiger partial charge < -0.3 is 5.32 Å². The first-order valence-corrected chi connectivity index (χ1v) is 3.67. The number of nitrogens with one attached hydrogen (secondary N) is 1. The lowest BCUT2D eigenvalue weighted by molar-refractivity contribution is 0.551. The molecule has 1 heterocycles. The minimum absolute atomic E-state index is 0. The van der Waals surface area contributed by atoms with Gasteiger partial charge in [-0.1, -0.05) is 13.3 Å². The zero-order valence-electron chi connectivity index (χ0n) is 5.61. The zero-order valence-corrected chi connectivity index (χ0v) is 5.61. The van der Waals surface area contributed by atoms with E-state index in [1.807, 2.05) is 0 Å². The summed E-state index contributed by atoms with van der Waals surface area (Å²) in [6, 6.07) is 0.861. The Labute approximate surface area is 53.0 Å². The third-order valence-electron chi connectivity index (χ3n) is 1.80. The van der Waals surface area contributed by atoms with Crippen molar-refractivity contribution in [2.45, 2.75) is 38.6 Å². The van der Waals surface area contributed by atoms with Gasteiger partial charge in [-0.2, -0.15) is 0 Å². The highest BCUT2D eigenvalue weighted by molar-refractivity contribution is 4.72. The van der Waals surface area contributed by atoms with Crippen LogP contribution in [0.4, 0.5) is 0 Å². The van der Waals surface area contributed by atoms with E-state index in [-0.39, 0.29) is 1.43 Å². The molecule has 0 spiro atoms. The second-order valence-corrected chi connectivity index (χ2v) is 2.58. The van der Waals surface area contributed by atoms with Crippen LogP contribution in [0.1, 0.15) is 34.0 Å². The molecule has 1 aliphatic rings. The quantitative estimate of drug-likeness (QED) is 0.578. The highest BCUT2D eigenvalue weighted by atomic mass is 14.9. The molecular formula is C7H17N. The van der Waals surface area contributed by atoms with Gasteiger partial charge in [-0.15, -0.1) is 0 Å². The largest absolute Gasteiger partial charge is 0.314 e. The third kappa shape index (κ3) is 1.48. The molecule has 0 aromatic rings. The van der Waals surface area contributed by atoms with Crippen molar-refractivity contribution < 1.29 is 1.43 Å². The van der Waals surface area contributed by atoms with Crippen LogP contribution in [0, 0.1) is 0 Å². The molecule has 0 aliphatic carbocycles. The molecule has 1 N–H and O–H groups in total. The van der Waals surface area contributed by atoms with E-state index in [9.17, 15) is 0 Å². The first kappa shape index (κ1) is 6.09. The summed E-state index contributed by atoms with van der Waals surface area (Å²) >= 11 is 0. The van der Waals surface area contributed by atoms with Crippen molar-refractivity contribution in [1.82, 2.24) is 5.32 Å². The maximum atomic E-state index is 3.46. The van der Waals surface area contributed by atoms with E-state index in [1.165, 1.54) is 32.2 Å². The van der Waals surface area contributed by atoms with E-state index >= 15 is 0 Å². The third-order valence-corrected chi connectivity index (χ3v) is 1.80. The van der Waals surface area contributed by atoms with Crippen LogP contribution in [0.5, 0.6) is 0 Å². The molecule has 0 bridgehead atoms. The molecule has 1 fully saturated rings. The van der Waals surface area contributed by atoms with Gasteiger partial charge in [-0.3, -0.25) is 0 Å². The van der Waals surface area contributed by atoms with Crippen LogP contribution in [0.2, 0.25) is 0 Å². The number of hydrogen-bond acceptors (Lipinski definition) is 1. The first-order chi connectivity index (χ1) is 3.93. The molecule has 50 valence electrons. The van der Waals surface area contributed by atoms with Crippen LogP contribution in [0.15, 0.2) is 0 Å². The summed E-state index contributed by atoms with van der Waals surface area (Å²) in [4.78, 5) is 0. The standard InChI is InChI=1S/C7H15N.H2/c1-2-4-7-5-3-6-8-7;/h7-8H,2-6H2,1H3;1H/t7-;/m0./s1. The molecular weight excluding hydrogens is 98.1 g/mol. The van der Waals surface area contributed by atoms with Crippen molar-refractivity contribution in [2.75, 3.05) is 6.54 Å². The Morgan fingerprint density at radius 2 is 2.62 bits per heavy atom. The highest BCUT2D eigenvalue weighted by Gasteiger charge is 2.11. The first-order valence-electron chi connectivity index (χ1n) is 3.67. The molecule has 0 radical (unpaired) electrons. The van der Waals surface area contributed by atoms with Crippen molar-refractivity contribution in [2.24, 2.45) is 0 Å². The van der Waals surface area contributed by atoms with E-state index in [1.54, 1.807) is 0 Å². The Hall–Kier alpha value is -0.0400. The van der Waals surface area contributed by atoms with Gasteiger partial charge in [-0.25, -0.2) is 0 Å². The molecule has 1 aliphatic heterocycles. The number of hydrogen-bond donors (Lipinski definition) is 1. The monoisotopic (exact) mass is 115 g/mol. The molecule has 0 aromatic carbocycles. The molecule has 1 rings (SSSR count). The predicted molar refractivity (Wildman–Crippen MR) is 38.0 cm³/mol. The zero-order chi connectivity index (χ0) is 5.82. The van der Waals surface area contributed by atoms with Crippen molar-refractivity contribution >= 4 is 0 Å². The Bertz CT molecular complexity index is 59.9. The lowest BCUT2D eigenvalue weighted by Gasteiger charge is -2.05. The summed E-state index contributed by atoms with van der Waals surface area (Å²) in [7, 11) is 0. The summed E-state index contributed by atoms with van der Waals surface area (Å²) in [5, 5.41) is 3.46. The normalized spacial score (nSPS) is 28.9. The summed E-state index contributed by atoms with van der Waals surface area (Å²) < 4.78 is 0. The van der Waals surface area contributed by atoms with Crippen LogP contribution in [0.25, 0.3) is 0 Å². The highest BCUT2D eigenvalue weighted by Crippen LogP contribution is 2.09. The second kappa shape index (κ2) is 3.08. The lowest BCUT2D eigenvalue weighted by Crippen LogP contribution is -2.20. The summed E-state index contributed by atoms with van der Waals surface area (Å²) in [5.74, 6) is 0. The molecule has 1 atom stereocenters. The SMILES string of the molecule is CCC[C@H]1CCCN1.[HH]. The Morgan fingerprint density at radius 3 is 3.12 bits per heavy atom. The van der Waals surface area contributed by atoms with E-state index < -0.39 is 0 Å². The van der Waals surface area contributed by atoms with Gasteiger partial charge in [0.25, 0.3) is 0 Å². The van der Waals surface area contributed by atoms with Crippen LogP contribution < -0.4 is 5.32 Å². The van der Waals surface area contributed by atoms with Gasteiger partial charge in [0.05, 0.1) is 0 Å². The maximum absolute atomic E-state index is 3.46. The van der Waals surface area contributed by atoms with Gasteiger partial charge in [0.1, 0.15) is 0 Å². The second-order valence-electron chi connectivity index (χ2n) is 2.58. The van der Waals surface area contributed by atoms with Crippen molar-refractivity contribution in [3.05, 3.63) is 0 Å². The van der Waals surface area contributed by atoms with E-state index in [0.717, 1.165) is 6.04 Å². The van der Waals surface area contributed by atoms with Gasteiger partial charge in [0.2, 0.25) is 0 Å². The van der Waals surface area contributed by atoms with Crippen molar-refractivity contribution in [3.8, 4) is 0 Å². The van der Waals surface area contributed by atoms with Crippen LogP contribution >= 0.6 is 0 Å². The minimum Gasteiger partial charge on any atom is -0.314 e. The van der Waals surface area contributed by atoms with Crippen molar-refractivity contribution in [1.29, 1.82) is 0 Å². The molecule has 1 heteroatoms. The van der Waals surface area contributed by atoms with E-state index in [2.05, 4.69) is 12.2 Å². The van der Waals surface area contributed by atoms with Gasteiger partial charge in [0.15, 0.2) is 0 Å². The van der Waals surface area contributed by atoms with Gasteiger partial charge in [0, 0.05) is 7.47 Å². The Kier molecular flexibility index (Phi) is 2.34. The molecule has 0 aromatic heterocycles. The van der Waals surface area contributed by atoms with E-state index in [0.29, 0.717) is 0 Å². The summed E-state index contributed by atoms with van der Waals surface area (Å²) in [6.07, 6.45) is 5.51. The molecule has 1 saturated heterocycles. The molecule has 0 unspecified atom stereocenters. The average Bonchev–Trinajstić information content (AvgIpc) is 2.19. The summed E-state index contributed by atoms with van der Waals surface area (Å²) in [5.41, 5.74) is 0. The van der Waals surface area contributed by atoms with Crippen LogP contribution in [-0.2, 0) is 0 Å². The fourth-order valence-corrected chi connectivity index (χ4v) is 1.35. The molecule has 8 heavy (non-hydrogen) atoms. The summed E-state index contributed by atoms with van der Waals surface area (Å²) in [6.45, 7) is 3.50. The number of rotatable bonds is 2. The van der Waals surface area contributed by atoms with Crippen LogP contribution in [0.3, 0.4) is 0 Å². The predicted octanol–water partition coefficient (Wildman–Crippen LogP) is 1.78. The topological polar surface area (TPSA) is 12.0 Å². The fourth-order valence-electron chi connectivity index (χ4n) is 1.35. The molecule has 1 nitrogen and oxygen atoms in total. The molecule has 0 saturated carbocycles.